The predicted molar refractivity (Wildman–Crippen MR) is 116 cm³/mol. The zero-order valence-electron chi connectivity index (χ0n) is 18.2. The van der Waals surface area contributed by atoms with E-state index in [0.29, 0.717) is 24.8 Å². The molecular formula is C23H30N4O4. The highest BCUT2D eigenvalue weighted by atomic mass is 16.5. The highest BCUT2D eigenvalue weighted by Crippen LogP contribution is 2.31. The highest BCUT2D eigenvalue weighted by molar-refractivity contribution is 5.98. The predicted octanol–water partition coefficient (Wildman–Crippen LogP) is 2.44. The number of aromatic nitrogens is 1. The Kier molecular flexibility index (Phi) is 6.56. The number of carbonyl (C=O) groups excluding carboxylic acids is 2. The summed E-state index contributed by atoms with van der Waals surface area (Å²) in [7, 11) is 0. The topological polar surface area (TPSA) is 87.9 Å². The number of para-hydroxylation sites is 2. The van der Waals surface area contributed by atoms with E-state index in [1.807, 2.05) is 38.1 Å². The van der Waals surface area contributed by atoms with Crippen molar-refractivity contribution in [3.63, 3.8) is 0 Å². The first-order valence-electron chi connectivity index (χ1n) is 10.9. The van der Waals surface area contributed by atoms with Crippen LogP contribution in [-0.2, 0) is 16.1 Å². The van der Waals surface area contributed by atoms with Crippen LogP contribution in [0.2, 0.25) is 0 Å². The minimum atomic E-state index is -0.115. The Balaban J connectivity index is 1.18. The van der Waals surface area contributed by atoms with Gasteiger partial charge in [-0.2, -0.15) is 0 Å². The second kappa shape index (κ2) is 9.51. The molecule has 0 bridgehead atoms. The molecule has 3 heterocycles. The van der Waals surface area contributed by atoms with Crippen molar-refractivity contribution < 1.29 is 18.7 Å². The van der Waals surface area contributed by atoms with Crippen molar-refractivity contribution in [2.24, 2.45) is 5.92 Å². The van der Waals surface area contributed by atoms with Gasteiger partial charge in [0.25, 0.3) is 5.91 Å². The first-order chi connectivity index (χ1) is 15.0. The molecule has 0 saturated carbocycles. The van der Waals surface area contributed by atoms with Crippen LogP contribution in [0.15, 0.2) is 28.7 Å². The number of carbonyl (C=O) groups is 2. The molecule has 1 saturated heterocycles. The van der Waals surface area contributed by atoms with Gasteiger partial charge in [0.15, 0.2) is 6.61 Å². The summed E-state index contributed by atoms with van der Waals surface area (Å²) in [5, 5.41) is 3.05. The van der Waals surface area contributed by atoms with Crippen molar-refractivity contribution in [3.05, 3.63) is 41.6 Å². The molecule has 0 spiro atoms. The number of fused-ring (bicyclic) bond motifs is 1. The van der Waals surface area contributed by atoms with Crippen molar-refractivity contribution in [2.45, 2.75) is 39.7 Å². The third-order valence-corrected chi connectivity index (χ3v) is 6.10. The Bertz CT molecular complexity index is 914. The van der Waals surface area contributed by atoms with Gasteiger partial charge >= 0.3 is 0 Å². The second-order valence-electron chi connectivity index (χ2n) is 8.32. The zero-order chi connectivity index (χ0) is 21.8. The molecule has 8 nitrogen and oxygen atoms in total. The molecule has 166 valence electrons. The lowest BCUT2D eigenvalue weighted by atomic mass is 9.97. The average molecular weight is 427 g/mol. The monoisotopic (exact) mass is 426 g/mol. The number of hydrogen-bond acceptors (Lipinski definition) is 6. The van der Waals surface area contributed by atoms with Crippen LogP contribution in [0.25, 0.3) is 0 Å². The molecule has 1 fully saturated rings. The average Bonchev–Trinajstić information content (AvgIpc) is 3.09. The largest absolute Gasteiger partial charge is 0.482 e. The lowest BCUT2D eigenvalue weighted by Gasteiger charge is -2.31. The Morgan fingerprint density at radius 1 is 1.23 bits per heavy atom. The van der Waals surface area contributed by atoms with Crippen molar-refractivity contribution in [2.75, 3.05) is 37.7 Å². The molecule has 31 heavy (non-hydrogen) atoms. The number of hydrogen-bond donors (Lipinski definition) is 1. The fourth-order valence-corrected chi connectivity index (χ4v) is 4.11. The lowest BCUT2D eigenvalue weighted by molar-refractivity contribution is -0.122. The Hall–Kier alpha value is -2.87. The molecule has 8 heteroatoms. The van der Waals surface area contributed by atoms with E-state index < -0.39 is 0 Å². The summed E-state index contributed by atoms with van der Waals surface area (Å²) in [5.74, 6) is 2.68. The van der Waals surface area contributed by atoms with Gasteiger partial charge < -0.3 is 19.4 Å². The number of nitrogens with one attached hydrogen (secondary N) is 1. The van der Waals surface area contributed by atoms with Crippen LogP contribution in [0.3, 0.4) is 0 Å². The van der Waals surface area contributed by atoms with Crippen molar-refractivity contribution in [3.8, 4) is 5.75 Å². The molecule has 0 radical (unpaired) electrons. The summed E-state index contributed by atoms with van der Waals surface area (Å²) >= 11 is 0. The summed E-state index contributed by atoms with van der Waals surface area (Å²) in [6, 6.07) is 7.42. The second-order valence-corrected chi connectivity index (χ2v) is 8.32. The molecule has 1 aromatic carbocycles. The first kappa shape index (κ1) is 21.4. The SMILES string of the molecule is Cc1nc(CN2CCC(CNC(=O)CCN3C(=O)COc4ccccc43)CC2)oc1C. The number of likely N-dealkylation sites (tertiary alicyclic amines) is 1. The van der Waals surface area contributed by atoms with E-state index in [-0.39, 0.29) is 24.8 Å². The maximum absolute atomic E-state index is 12.4. The Morgan fingerprint density at radius 3 is 2.74 bits per heavy atom. The standard InChI is InChI=1S/C23H30N4O4/c1-16-17(2)31-22(25-16)14-26-10-7-18(8-11-26)13-24-21(28)9-12-27-19-5-3-4-6-20(19)30-15-23(27)29/h3-6,18H,7-15H2,1-2H3,(H,24,28). The molecule has 2 aliphatic heterocycles. The molecule has 0 aliphatic carbocycles. The number of rotatable bonds is 7. The molecule has 0 atom stereocenters. The molecule has 1 N–H and O–H groups in total. The van der Waals surface area contributed by atoms with Crippen LogP contribution in [0, 0.1) is 19.8 Å². The van der Waals surface area contributed by atoms with E-state index in [2.05, 4.69) is 15.2 Å². The van der Waals surface area contributed by atoms with E-state index in [4.69, 9.17) is 9.15 Å². The van der Waals surface area contributed by atoms with Gasteiger partial charge in [-0.15, -0.1) is 0 Å². The summed E-state index contributed by atoms with van der Waals surface area (Å²) < 4.78 is 11.1. The van der Waals surface area contributed by atoms with Crippen LogP contribution in [0.5, 0.6) is 5.75 Å². The maximum atomic E-state index is 12.4. The molecule has 1 aromatic heterocycles. The van der Waals surface area contributed by atoms with E-state index in [1.54, 1.807) is 4.90 Å². The van der Waals surface area contributed by atoms with Crippen molar-refractivity contribution in [1.82, 2.24) is 15.2 Å². The minimum absolute atomic E-state index is 0.0177. The fourth-order valence-electron chi connectivity index (χ4n) is 4.11. The number of piperidine rings is 1. The number of oxazole rings is 1. The molecule has 0 unspecified atom stereocenters. The van der Waals surface area contributed by atoms with Gasteiger partial charge in [-0.05, 0) is 57.8 Å². The van der Waals surface area contributed by atoms with Gasteiger partial charge in [0.2, 0.25) is 11.8 Å². The quantitative estimate of drug-likeness (QED) is 0.732. The van der Waals surface area contributed by atoms with Gasteiger partial charge in [0.05, 0.1) is 17.9 Å². The van der Waals surface area contributed by atoms with E-state index in [0.717, 1.165) is 55.5 Å². The van der Waals surface area contributed by atoms with E-state index >= 15 is 0 Å². The van der Waals surface area contributed by atoms with Gasteiger partial charge in [0.1, 0.15) is 11.5 Å². The van der Waals surface area contributed by atoms with Crippen molar-refractivity contribution >= 4 is 17.5 Å². The fraction of sp³-hybridized carbons (Fsp3) is 0.522. The number of anilines is 1. The van der Waals surface area contributed by atoms with Crippen LogP contribution in [-0.4, -0.2) is 54.5 Å². The summed E-state index contributed by atoms with van der Waals surface area (Å²) in [6.45, 7) is 7.64. The van der Waals surface area contributed by atoms with Crippen LogP contribution >= 0.6 is 0 Å². The Morgan fingerprint density at radius 2 is 2.00 bits per heavy atom. The highest BCUT2D eigenvalue weighted by Gasteiger charge is 2.26. The first-order valence-corrected chi connectivity index (χ1v) is 10.9. The molecule has 2 aromatic rings. The molecule has 2 amide bonds. The van der Waals surface area contributed by atoms with Gasteiger partial charge in [0, 0.05) is 19.5 Å². The zero-order valence-corrected chi connectivity index (χ0v) is 18.2. The van der Waals surface area contributed by atoms with Crippen molar-refractivity contribution in [1.29, 1.82) is 0 Å². The van der Waals surface area contributed by atoms with Crippen LogP contribution < -0.4 is 15.0 Å². The summed E-state index contributed by atoms with van der Waals surface area (Å²) in [5.41, 5.74) is 1.69. The van der Waals surface area contributed by atoms with E-state index in [9.17, 15) is 9.59 Å². The Labute approximate surface area is 182 Å². The number of amides is 2. The number of ether oxygens (including phenoxy) is 1. The number of aryl methyl sites for hydroxylation is 2. The molecular weight excluding hydrogens is 396 g/mol. The number of benzene rings is 1. The summed E-state index contributed by atoms with van der Waals surface area (Å²) in [4.78, 5) is 33.0. The molecule has 4 rings (SSSR count). The smallest absolute Gasteiger partial charge is 0.265 e. The third-order valence-electron chi connectivity index (χ3n) is 6.10. The normalized spacial score (nSPS) is 17.4. The molecule has 2 aliphatic rings. The summed E-state index contributed by atoms with van der Waals surface area (Å²) in [6.07, 6.45) is 2.35. The third kappa shape index (κ3) is 5.25. The maximum Gasteiger partial charge on any atom is 0.265 e. The minimum Gasteiger partial charge on any atom is -0.482 e. The van der Waals surface area contributed by atoms with E-state index in [1.165, 1.54) is 0 Å². The number of nitrogens with zero attached hydrogens (tertiary/aromatic N) is 3. The van der Waals surface area contributed by atoms with Crippen LogP contribution in [0.4, 0.5) is 5.69 Å². The lowest BCUT2D eigenvalue weighted by Crippen LogP contribution is -2.42. The van der Waals surface area contributed by atoms with Gasteiger partial charge in [-0.3, -0.25) is 14.5 Å². The van der Waals surface area contributed by atoms with Gasteiger partial charge in [-0.1, -0.05) is 12.1 Å². The van der Waals surface area contributed by atoms with Gasteiger partial charge in [-0.25, -0.2) is 4.98 Å². The van der Waals surface area contributed by atoms with Crippen LogP contribution in [0.1, 0.15) is 36.6 Å².